The zero-order valence-corrected chi connectivity index (χ0v) is 12.6. The Morgan fingerprint density at radius 2 is 1.95 bits per heavy atom. The number of hydrogen-bond donors (Lipinski definition) is 2. The molecule has 20 heavy (non-hydrogen) atoms. The number of ether oxygens (including phenoxy) is 1. The fourth-order valence-electron chi connectivity index (χ4n) is 1.81. The molecule has 5 nitrogen and oxygen atoms in total. The molecule has 0 bridgehead atoms. The van der Waals surface area contributed by atoms with Crippen molar-refractivity contribution in [3.05, 3.63) is 23.2 Å². The highest BCUT2D eigenvalue weighted by Gasteiger charge is 2.37. The minimum atomic E-state index is -1.18. The zero-order chi connectivity index (χ0) is 15.5. The monoisotopic (exact) mass is 299 g/mol. The van der Waals surface area contributed by atoms with Crippen molar-refractivity contribution in [2.45, 2.75) is 20.8 Å². The van der Waals surface area contributed by atoms with Crippen molar-refractivity contribution in [3.63, 3.8) is 0 Å². The first-order valence-electron chi connectivity index (χ1n) is 6.04. The first kappa shape index (κ1) is 16.3. The Morgan fingerprint density at radius 1 is 1.35 bits per heavy atom. The average Bonchev–Trinajstić information content (AvgIpc) is 2.29. The van der Waals surface area contributed by atoms with Gasteiger partial charge in [0.25, 0.3) is 0 Å². The van der Waals surface area contributed by atoms with Gasteiger partial charge < -0.3 is 15.2 Å². The number of carboxylic acids is 1. The summed E-state index contributed by atoms with van der Waals surface area (Å²) in [6, 6.07) is 4.76. The van der Waals surface area contributed by atoms with Crippen molar-refractivity contribution < 1.29 is 19.4 Å². The van der Waals surface area contributed by atoms with Crippen LogP contribution < -0.4 is 10.1 Å². The maximum Gasteiger partial charge on any atom is 0.316 e. The van der Waals surface area contributed by atoms with Crippen molar-refractivity contribution >= 4 is 29.2 Å². The zero-order valence-electron chi connectivity index (χ0n) is 11.9. The number of halogens is 1. The van der Waals surface area contributed by atoms with Crippen molar-refractivity contribution in [1.29, 1.82) is 0 Å². The molecule has 1 aromatic carbocycles. The molecule has 1 unspecified atom stereocenters. The molecule has 0 spiro atoms. The van der Waals surface area contributed by atoms with Gasteiger partial charge in [-0.25, -0.2) is 0 Å². The van der Waals surface area contributed by atoms with Crippen LogP contribution in [0.15, 0.2) is 18.2 Å². The number of anilines is 1. The van der Waals surface area contributed by atoms with Crippen LogP contribution in [0.25, 0.3) is 0 Å². The van der Waals surface area contributed by atoms with Crippen LogP contribution in [0, 0.1) is 11.3 Å². The molecule has 0 aliphatic heterocycles. The standard InChI is InChI=1S/C14H18ClNO4/c1-14(2,3)11(13(18)19)12(17)16-10-7-8(20-4)5-6-9(10)15/h5-7,11H,1-4H3,(H,16,17)(H,18,19). The number of carbonyl (C=O) groups is 2. The highest BCUT2D eigenvalue weighted by molar-refractivity contribution is 6.33. The normalized spacial score (nSPS) is 12.7. The van der Waals surface area contributed by atoms with Gasteiger partial charge in [0.05, 0.1) is 17.8 Å². The summed E-state index contributed by atoms with van der Waals surface area (Å²) in [5.41, 5.74) is -0.382. The van der Waals surface area contributed by atoms with Crippen molar-refractivity contribution in [2.75, 3.05) is 12.4 Å². The predicted molar refractivity (Wildman–Crippen MR) is 77.2 cm³/mol. The quantitative estimate of drug-likeness (QED) is 0.838. The van der Waals surface area contributed by atoms with E-state index >= 15 is 0 Å². The number of hydrogen-bond acceptors (Lipinski definition) is 3. The van der Waals surface area contributed by atoms with Gasteiger partial charge in [0.2, 0.25) is 5.91 Å². The lowest BCUT2D eigenvalue weighted by Crippen LogP contribution is -2.39. The van der Waals surface area contributed by atoms with Gasteiger partial charge in [-0.15, -0.1) is 0 Å². The van der Waals surface area contributed by atoms with E-state index in [1.807, 2.05) is 0 Å². The van der Waals surface area contributed by atoms with Crippen LogP contribution in [0.1, 0.15) is 20.8 Å². The lowest BCUT2D eigenvalue weighted by molar-refractivity contribution is -0.149. The first-order valence-corrected chi connectivity index (χ1v) is 6.42. The summed E-state index contributed by atoms with van der Waals surface area (Å²) < 4.78 is 5.04. The van der Waals surface area contributed by atoms with Crippen molar-refractivity contribution in [2.24, 2.45) is 11.3 Å². The summed E-state index contributed by atoms with van der Waals surface area (Å²) in [5, 5.41) is 12.1. The summed E-state index contributed by atoms with van der Waals surface area (Å²) in [7, 11) is 1.49. The van der Waals surface area contributed by atoms with Crippen LogP contribution >= 0.6 is 11.6 Å². The molecule has 1 atom stereocenters. The number of aliphatic carboxylic acids is 1. The molecule has 0 fully saturated rings. The molecule has 2 N–H and O–H groups in total. The van der Waals surface area contributed by atoms with E-state index in [0.29, 0.717) is 16.5 Å². The predicted octanol–water partition coefficient (Wildman–Crippen LogP) is 3.03. The minimum absolute atomic E-state index is 0.317. The Balaban J connectivity index is 3.03. The van der Waals surface area contributed by atoms with Gasteiger partial charge in [-0.3, -0.25) is 9.59 Å². The van der Waals surface area contributed by atoms with E-state index < -0.39 is 23.2 Å². The molecule has 0 saturated heterocycles. The topological polar surface area (TPSA) is 75.6 Å². The maximum atomic E-state index is 12.2. The van der Waals surface area contributed by atoms with Gasteiger partial charge in [0.15, 0.2) is 0 Å². The molecule has 0 saturated carbocycles. The number of methoxy groups -OCH3 is 1. The third kappa shape index (κ3) is 3.87. The molecule has 0 aliphatic rings. The van der Waals surface area contributed by atoms with Crippen molar-refractivity contribution in [1.82, 2.24) is 0 Å². The molecule has 1 rings (SSSR count). The van der Waals surface area contributed by atoms with Gasteiger partial charge in [-0.05, 0) is 17.5 Å². The lowest BCUT2D eigenvalue weighted by atomic mass is 9.80. The van der Waals surface area contributed by atoms with E-state index in [9.17, 15) is 14.7 Å². The Morgan fingerprint density at radius 3 is 2.40 bits per heavy atom. The molecule has 1 aromatic rings. The lowest BCUT2D eigenvalue weighted by Gasteiger charge is -2.26. The fourth-order valence-corrected chi connectivity index (χ4v) is 1.97. The van der Waals surface area contributed by atoms with Crippen LogP contribution in [0.3, 0.4) is 0 Å². The second-order valence-electron chi connectivity index (χ2n) is 5.47. The smallest absolute Gasteiger partial charge is 0.316 e. The Labute approximate surface area is 122 Å². The molecular weight excluding hydrogens is 282 g/mol. The van der Waals surface area contributed by atoms with E-state index in [0.717, 1.165) is 0 Å². The van der Waals surface area contributed by atoms with Gasteiger partial charge in [-0.1, -0.05) is 32.4 Å². The van der Waals surface area contributed by atoms with Gasteiger partial charge in [0, 0.05) is 6.07 Å². The molecule has 0 aliphatic carbocycles. The van der Waals surface area contributed by atoms with E-state index in [2.05, 4.69) is 5.32 Å². The largest absolute Gasteiger partial charge is 0.497 e. The third-order valence-corrected chi connectivity index (χ3v) is 3.14. The second kappa shape index (κ2) is 6.13. The van der Waals surface area contributed by atoms with Gasteiger partial charge in [-0.2, -0.15) is 0 Å². The second-order valence-corrected chi connectivity index (χ2v) is 5.88. The van der Waals surface area contributed by atoms with E-state index in [1.165, 1.54) is 7.11 Å². The number of amides is 1. The summed E-state index contributed by atoms with van der Waals surface area (Å²) in [6.07, 6.45) is 0. The number of carbonyl (C=O) groups excluding carboxylic acids is 1. The van der Waals surface area contributed by atoms with Crippen LogP contribution in [0.2, 0.25) is 5.02 Å². The summed E-state index contributed by atoms with van der Waals surface area (Å²) >= 11 is 5.98. The number of nitrogens with one attached hydrogen (secondary N) is 1. The van der Waals surface area contributed by atoms with Crippen LogP contribution in [0.4, 0.5) is 5.69 Å². The molecule has 110 valence electrons. The van der Waals surface area contributed by atoms with E-state index in [-0.39, 0.29) is 0 Å². The number of carboxylic acid groups (broad SMARTS) is 1. The molecule has 0 aromatic heterocycles. The third-order valence-electron chi connectivity index (χ3n) is 2.81. The van der Waals surface area contributed by atoms with E-state index in [1.54, 1.807) is 39.0 Å². The highest BCUT2D eigenvalue weighted by atomic mass is 35.5. The molecular formula is C14H18ClNO4. The number of benzene rings is 1. The molecule has 0 radical (unpaired) electrons. The van der Waals surface area contributed by atoms with Gasteiger partial charge >= 0.3 is 5.97 Å². The average molecular weight is 300 g/mol. The maximum absolute atomic E-state index is 12.2. The van der Waals surface area contributed by atoms with Gasteiger partial charge in [0.1, 0.15) is 11.7 Å². The van der Waals surface area contributed by atoms with Crippen molar-refractivity contribution in [3.8, 4) is 5.75 Å². The summed E-state index contributed by atoms with van der Waals surface area (Å²) in [6.45, 7) is 5.08. The minimum Gasteiger partial charge on any atom is -0.497 e. The van der Waals surface area contributed by atoms with E-state index in [4.69, 9.17) is 16.3 Å². The number of rotatable bonds is 4. The highest BCUT2D eigenvalue weighted by Crippen LogP contribution is 2.30. The summed E-state index contributed by atoms with van der Waals surface area (Å²) in [5.74, 6) is -2.44. The van der Waals surface area contributed by atoms with Crippen LogP contribution in [0.5, 0.6) is 5.75 Å². The summed E-state index contributed by atoms with van der Waals surface area (Å²) in [4.78, 5) is 23.4. The molecule has 6 heteroatoms. The fraction of sp³-hybridized carbons (Fsp3) is 0.429. The Hall–Kier alpha value is -1.75. The molecule has 1 amide bonds. The Kier molecular flexibility index (Phi) is 5.00. The van der Waals surface area contributed by atoms with Crippen LogP contribution in [-0.4, -0.2) is 24.1 Å². The Bertz CT molecular complexity index is 522. The first-order chi connectivity index (χ1) is 9.16. The molecule has 0 heterocycles. The SMILES string of the molecule is COc1ccc(Cl)c(NC(=O)C(C(=O)O)C(C)(C)C)c1. The van der Waals surface area contributed by atoms with Crippen LogP contribution in [-0.2, 0) is 9.59 Å².